The molecule has 0 spiro atoms. The summed E-state index contributed by atoms with van der Waals surface area (Å²) in [6, 6.07) is 2.60. The number of nitrogens with zero attached hydrogens (tertiary/aromatic N) is 1. The lowest BCUT2D eigenvalue weighted by Crippen LogP contribution is -2.26. The van der Waals surface area contributed by atoms with E-state index in [4.69, 9.17) is 5.11 Å². The molecule has 0 atom stereocenters. The molecule has 0 aliphatic heterocycles. The van der Waals surface area contributed by atoms with E-state index in [1.165, 1.54) is 0 Å². The van der Waals surface area contributed by atoms with Crippen LogP contribution in [-0.2, 0) is 4.79 Å². The minimum absolute atomic E-state index is 0.148. The zero-order valence-corrected chi connectivity index (χ0v) is 9.05. The highest BCUT2D eigenvalue weighted by Gasteiger charge is 2.15. The zero-order chi connectivity index (χ0) is 13.7. The summed E-state index contributed by atoms with van der Waals surface area (Å²) >= 11 is 0. The summed E-state index contributed by atoms with van der Waals surface area (Å²) in [5.41, 5.74) is -0.833. The predicted octanol–water partition coefficient (Wildman–Crippen LogP) is 0.938. The number of carboxylic acids is 1. The first-order chi connectivity index (χ1) is 8.41. The van der Waals surface area contributed by atoms with Crippen LogP contribution in [0.4, 0.5) is 10.1 Å². The highest BCUT2D eigenvalue weighted by atomic mass is 19.1. The van der Waals surface area contributed by atoms with E-state index in [1.54, 1.807) is 0 Å². The third-order valence-corrected chi connectivity index (χ3v) is 2.03. The van der Waals surface area contributed by atoms with E-state index < -0.39 is 28.3 Å². The Hall–Kier alpha value is -2.51. The molecule has 1 amide bonds. The van der Waals surface area contributed by atoms with Gasteiger partial charge in [0.15, 0.2) is 0 Å². The third kappa shape index (κ3) is 3.51. The van der Waals surface area contributed by atoms with Gasteiger partial charge in [0, 0.05) is 12.6 Å². The zero-order valence-electron chi connectivity index (χ0n) is 9.05. The van der Waals surface area contributed by atoms with Gasteiger partial charge in [-0.1, -0.05) is 0 Å². The number of hydrogen-bond donors (Lipinski definition) is 2. The van der Waals surface area contributed by atoms with Crippen molar-refractivity contribution in [3.63, 3.8) is 0 Å². The summed E-state index contributed by atoms with van der Waals surface area (Å²) in [6.07, 6.45) is -0.291. The molecule has 0 aliphatic carbocycles. The van der Waals surface area contributed by atoms with Gasteiger partial charge in [0.05, 0.1) is 23.0 Å². The maximum Gasteiger partial charge on any atom is 0.305 e. The second kappa shape index (κ2) is 5.71. The Morgan fingerprint density at radius 2 is 2.11 bits per heavy atom. The first kappa shape index (κ1) is 13.6. The van der Waals surface area contributed by atoms with E-state index in [-0.39, 0.29) is 18.5 Å². The van der Waals surface area contributed by atoms with E-state index >= 15 is 0 Å². The van der Waals surface area contributed by atoms with Gasteiger partial charge in [-0.15, -0.1) is 0 Å². The van der Waals surface area contributed by atoms with Gasteiger partial charge in [0.2, 0.25) is 0 Å². The van der Waals surface area contributed by atoms with Crippen molar-refractivity contribution in [3.05, 3.63) is 39.7 Å². The molecular formula is C10H9FN2O5. The van der Waals surface area contributed by atoms with Gasteiger partial charge >= 0.3 is 5.97 Å². The number of nitro groups is 1. The summed E-state index contributed by atoms with van der Waals surface area (Å²) < 4.78 is 13.4. The summed E-state index contributed by atoms with van der Waals surface area (Å²) in [4.78, 5) is 31.2. The van der Waals surface area contributed by atoms with Crippen LogP contribution < -0.4 is 5.32 Å². The molecule has 1 aromatic rings. The lowest BCUT2D eigenvalue weighted by molar-refractivity contribution is -0.385. The van der Waals surface area contributed by atoms with E-state index in [1.807, 2.05) is 0 Å². The third-order valence-electron chi connectivity index (χ3n) is 2.03. The molecule has 7 nitrogen and oxygen atoms in total. The van der Waals surface area contributed by atoms with Crippen LogP contribution >= 0.6 is 0 Å². The van der Waals surface area contributed by atoms with Gasteiger partial charge in [0.25, 0.3) is 11.6 Å². The second-order valence-corrected chi connectivity index (χ2v) is 3.32. The van der Waals surface area contributed by atoms with Crippen molar-refractivity contribution in [2.45, 2.75) is 6.42 Å². The highest BCUT2D eigenvalue weighted by molar-refractivity contribution is 5.94. The van der Waals surface area contributed by atoms with Crippen LogP contribution in [0.3, 0.4) is 0 Å². The van der Waals surface area contributed by atoms with E-state index in [0.29, 0.717) is 6.07 Å². The van der Waals surface area contributed by atoms with Crippen molar-refractivity contribution in [2.24, 2.45) is 0 Å². The van der Waals surface area contributed by atoms with Crippen LogP contribution in [0.25, 0.3) is 0 Å². The molecular weight excluding hydrogens is 247 g/mol. The van der Waals surface area contributed by atoms with Crippen LogP contribution in [0, 0.1) is 15.9 Å². The van der Waals surface area contributed by atoms with E-state index in [0.717, 1.165) is 12.1 Å². The van der Waals surface area contributed by atoms with Gasteiger partial charge in [-0.3, -0.25) is 19.7 Å². The first-order valence-corrected chi connectivity index (χ1v) is 4.85. The number of carbonyl (C=O) groups excluding carboxylic acids is 1. The Bertz CT molecular complexity index is 503. The van der Waals surface area contributed by atoms with Crippen molar-refractivity contribution < 1.29 is 24.0 Å². The average Bonchev–Trinajstić information content (AvgIpc) is 2.27. The monoisotopic (exact) mass is 256 g/mol. The Balaban J connectivity index is 2.74. The number of carbonyl (C=O) groups is 2. The smallest absolute Gasteiger partial charge is 0.305 e. The maximum atomic E-state index is 13.4. The largest absolute Gasteiger partial charge is 0.481 e. The number of halogens is 1. The molecule has 2 N–H and O–H groups in total. The van der Waals surface area contributed by atoms with Gasteiger partial charge in [-0.25, -0.2) is 4.39 Å². The Morgan fingerprint density at radius 3 is 2.61 bits per heavy atom. The van der Waals surface area contributed by atoms with Crippen LogP contribution in [0.1, 0.15) is 16.8 Å². The quantitative estimate of drug-likeness (QED) is 0.601. The lowest BCUT2D eigenvalue weighted by Gasteiger charge is -2.04. The molecule has 96 valence electrons. The van der Waals surface area contributed by atoms with E-state index in [9.17, 15) is 24.1 Å². The Kier molecular flexibility index (Phi) is 4.30. The molecule has 0 bridgehead atoms. The van der Waals surface area contributed by atoms with Gasteiger partial charge in [-0.05, 0) is 6.07 Å². The molecule has 18 heavy (non-hydrogen) atoms. The molecule has 0 fully saturated rings. The van der Waals surface area contributed by atoms with Crippen LogP contribution in [-0.4, -0.2) is 28.5 Å². The minimum Gasteiger partial charge on any atom is -0.481 e. The van der Waals surface area contributed by atoms with E-state index in [2.05, 4.69) is 5.32 Å². The topological polar surface area (TPSA) is 110 Å². The van der Waals surface area contributed by atoms with Crippen LogP contribution in [0.5, 0.6) is 0 Å². The molecule has 0 unspecified atom stereocenters. The fourth-order valence-electron chi connectivity index (χ4n) is 1.18. The number of nitrogens with one attached hydrogen (secondary N) is 1. The fourth-order valence-corrected chi connectivity index (χ4v) is 1.18. The lowest BCUT2D eigenvalue weighted by atomic mass is 10.2. The van der Waals surface area contributed by atoms with Crippen molar-refractivity contribution >= 4 is 17.6 Å². The van der Waals surface area contributed by atoms with Crippen molar-refractivity contribution in [1.82, 2.24) is 5.32 Å². The second-order valence-electron chi connectivity index (χ2n) is 3.32. The number of rotatable bonds is 5. The molecule has 0 aliphatic rings. The number of aliphatic carboxylic acids is 1. The van der Waals surface area contributed by atoms with Crippen molar-refractivity contribution in [2.75, 3.05) is 6.54 Å². The number of amides is 1. The standard InChI is InChI=1S/C10H9FN2O5/c11-8-5-6(13(17)18)1-2-7(8)10(16)12-4-3-9(14)15/h1-2,5H,3-4H2,(H,12,16)(H,14,15). The number of nitro benzene ring substituents is 1. The Labute approximate surface area is 100 Å². The number of carboxylic acid groups (broad SMARTS) is 1. The molecule has 1 aromatic carbocycles. The first-order valence-electron chi connectivity index (χ1n) is 4.85. The van der Waals surface area contributed by atoms with Gasteiger partial charge < -0.3 is 10.4 Å². The van der Waals surface area contributed by atoms with Crippen LogP contribution in [0.2, 0.25) is 0 Å². The Morgan fingerprint density at radius 1 is 1.44 bits per heavy atom. The summed E-state index contributed by atoms with van der Waals surface area (Å²) in [5, 5.41) is 20.9. The molecule has 0 saturated heterocycles. The highest BCUT2D eigenvalue weighted by Crippen LogP contribution is 2.16. The normalized spacial score (nSPS) is 9.83. The van der Waals surface area contributed by atoms with Crippen LogP contribution in [0.15, 0.2) is 18.2 Å². The molecule has 0 aromatic heterocycles. The van der Waals surface area contributed by atoms with Gasteiger partial charge in [0.1, 0.15) is 5.82 Å². The number of benzene rings is 1. The molecule has 8 heteroatoms. The van der Waals surface area contributed by atoms with Gasteiger partial charge in [-0.2, -0.15) is 0 Å². The molecule has 0 heterocycles. The predicted molar refractivity (Wildman–Crippen MR) is 57.6 cm³/mol. The summed E-state index contributed by atoms with van der Waals surface area (Å²) in [6.45, 7) is -0.148. The summed E-state index contributed by atoms with van der Waals surface area (Å²) in [7, 11) is 0. The maximum absolute atomic E-state index is 13.4. The van der Waals surface area contributed by atoms with Crippen molar-refractivity contribution in [1.29, 1.82) is 0 Å². The number of non-ortho nitro benzene ring substituents is 1. The molecule has 0 radical (unpaired) electrons. The fraction of sp³-hybridized carbons (Fsp3) is 0.200. The average molecular weight is 256 g/mol. The minimum atomic E-state index is -1.10. The molecule has 0 saturated carbocycles. The molecule has 1 rings (SSSR count). The SMILES string of the molecule is O=C(O)CCNC(=O)c1ccc([N+](=O)[O-])cc1F. The number of hydrogen-bond acceptors (Lipinski definition) is 4. The summed E-state index contributed by atoms with van der Waals surface area (Å²) in [5.74, 6) is -2.94. The van der Waals surface area contributed by atoms with Crippen molar-refractivity contribution in [3.8, 4) is 0 Å².